The van der Waals surface area contributed by atoms with Gasteiger partial charge in [0.1, 0.15) is 12.4 Å². The quantitative estimate of drug-likeness (QED) is 0.685. The number of para-hydroxylation sites is 1. The Hall–Kier alpha value is -1.06. The third-order valence-electron chi connectivity index (χ3n) is 2.86. The lowest BCUT2D eigenvalue weighted by atomic mass is 10.2. The van der Waals surface area contributed by atoms with Crippen LogP contribution in [-0.4, -0.2) is 31.9 Å². The predicted molar refractivity (Wildman–Crippen MR) is 75.1 cm³/mol. The minimum atomic E-state index is 0.221. The van der Waals surface area contributed by atoms with E-state index in [-0.39, 0.29) is 6.10 Å². The third kappa shape index (κ3) is 6.62. The zero-order valence-electron chi connectivity index (χ0n) is 11.7. The van der Waals surface area contributed by atoms with E-state index in [0.29, 0.717) is 19.3 Å². The van der Waals surface area contributed by atoms with Crippen molar-refractivity contribution < 1.29 is 9.47 Å². The molecule has 0 spiro atoms. The summed E-state index contributed by atoms with van der Waals surface area (Å²) in [6.07, 6.45) is 1.36. The fourth-order valence-corrected chi connectivity index (χ4v) is 1.50. The molecule has 2 unspecified atom stereocenters. The first-order chi connectivity index (χ1) is 8.72. The Morgan fingerprint density at radius 3 is 2.50 bits per heavy atom. The Bertz CT molecular complexity index is 303. The van der Waals surface area contributed by atoms with E-state index in [9.17, 15) is 0 Å². The van der Waals surface area contributed by atoms with Gasteiger partial charge in [-0.05, 0) is 32.4 Å². The van der Waals surface area contributed by atoms with Crippen LogP contribution in [0.25, 0.3) is 0 Å². The molecule has 1 N–H and O–H groups in total. The SMILES string of the molecule is CCC(C)NCC(C)OCCOc1ccccc1. The highest BCUT2D eigenvalue weighted by Crippen LogP contribution is 2.07. The molecule has 1 rings (SSSR count). The summed E-state index contributed by atoms with van der Waals surface area (Å²) in [7, 11) is 0. The summed E-state index contributed by atoms with van der Waals surface area (Å²) in [5.41, 5.74) is 0. The second kappa shape index (κ2) is 8.95. The minimum absolute atomic E-state index is 0.221. The van der Waals surface area contributed by atoms with Crippen molar-refractivity contribution in [2.75, 3.05) is 19.8 Å². The van der Waals surface area contributed by atoms with Crippen molar-refractivity contribution in [2.45, 2.75) is 39.3 Å². The number of hydrogen-bond acceptors (Lipinski definition) is 3. The Labute approximate surface area is 110 Å². The van der Waals surface area contributed by atoms with E-state index in [1.165, 1.54) is 0 Å². The predicted octanol–water partition coefficient (Wildman–Crippen LogP) is 2.86. The molecule has 0 aliphatic rings. The normalized spacial score (nSPS) is 14.2. The molecule has 1 aromatic carbocycles. The van der Waals surface area contributed by atoms with Crippen LogP contribution in [-0.2, 0) is 4.74 Å². The van der Waals surface area contributed by atoms with Crippen LogP contribution in [0.4, 0.5) is 0 Å². The summed E-state index contributed by atoms with van der Waals surface area (Å²) in [6, 6.07) is 10.4. The second-order valence-corrected chi connectivity index (χ2v) is 4.56. The smallest absolute Gasteiger partial charge is 0.119 e. The molecule has 102 valence electrons. The summed E-state index contributed by atoms with van der Waals surface area (Å²) in [5.74, 6) is 0.895. The van der Waals surface area contributed by atoms with Crippen molar-refractivity contribution in [1.29, 1.82) is 0 Å². The molecule has 0 bridgehead atoms. The zero-order valence-corrected chi connectivity index (χ0v) is 11.7. The molecular weight excluding hydrogens is 226 g/mol. The summed E-state index contributed by atoms with van der Waals surface area (Å²) >= 11 is 0. The lowest BCUT2D eigenvalue weighted by Crippen LogP contribution is -2.33. The van der Waals surface area contributed by atoms with E-state index in [4.69, 9.17) is 9.47 Å². The molecule has 0 aromatic heterocycles. The van der Waals surface area contributed by atoms with E-state index in [1.54, 1.807) is 0 Å². The minimum Gasteiger partial charge on any atom is -0.491 e. The first kappa shape index (κ1) is 15.0. The fourth-order valence-electron chi connectivity index (χ4n) is 1.50. The van der Waals surface area contributed by atoms with Gasteiger partial charge in [0.2, 0.25) is 0 Å². The molecular formula is C15H25NO2. The molecule has 0 aliphatic heterocycles. The number of ether oxygens (including phenoxy) is 2. The van der Waals surface area contributed by atoms with Gasteiger partial charge in [0.15, 0.2) is 0 Å². The molecule has 0 saturated carbocycles. The first-order valence-corrected chi connectivity index (χ1v) is 6.75. The standard InChI is InChI=1S/C15H25NO2/c1-4-13(2)16-12-14(3)17-10-11-18-15-8-6-5-7-9-15/h5-9,13-14,16H,4,10-12H2,1-3H3. The van der Waals surface area contributed by atoms with Crippen LogP contribution in [0.5, 0.6) is 5.75 Å². The van der Waals surface area contributed by atoms with Gasteiger partial charge in [-0.25, -0.2) is 0 Å². The third-order valence-corrected chi connectivity index (χ3v) is 2.86. The molecule has 3 heteroatoms. The maximum Gasteiger partial charge on any atom is 0.119 e. The van der Waals surface area contributed by atoms with Crippen molar-refractivity contribution in [2.24, 2.45) is 0 Å². The van der Waals surface area contributed by atoms with Crippen molar-refractivity contribution in [3.63, 3.8) is 0 Å². The first-order valence-electron chi connectivity index (χ1n) is 6.75. The molecule has 0 saturated heterocycles. The van der Waals surface area contributed by atoms with Crippen molar-refractivity contribution in [3.05, 3.63) is 30.3 Å². The summed E-state index contributed by atoms with van der Waals surface area (Å²) in [4.78, 5) is 0. The molecule has 18 heavy (non-hydrogen) atoms. The highest BCUT2D eigenvalue weighted by atomic mass is 16.5. The van der Waals surface area contributed by atoms with Crippen LogP contribution < -0.4 is 10.1 Å². The monoisotopic (exact) mass is 251 g/mol. The number of hydrogen-bond donors (Lipinski definition) is 1. The lowest BCUT2D eigenvalue weighted by molar-refractivity contribution is 0.0434. The van der Waals surface area contributed by atoms with E-state index < -0.39 is 0 Å². The maximum atomic E-state index is 5.67. The highest BCUT2D eigenvalue weighted by molar-refractivity contribution is 5.20. The lowest BCUT2D eigenvalue weighted by Gasteiger charge is -2.17. The fraction of sp³-hybridized carbons (Fsp3) is 0.600. The summed E-state index contributed by atoms with van der Waals surface area (Å²) < 4.78 is 11.2. The summed E-state index contributed by atoms with van der Waals surface area (Å²) in [6.45, 7) is 8.55. The Morgan fingerprint density at radius 1 is 1.11 bits per heavy atom. The van der Waals surface area contributed by atoms with Crippen LogP contribution in [0.15, 0.2) is 30.3 Å². The van der Waals surface area contributed by atoms with Gasteiger partial charge in [-0.3, -0.25) is 0 Å². The van der Waals surface area contributed by atoms with Gasteiger partial charge in [0.05, 0.1) is 12.7 Å². The van der Waals surface area contributed by atoms with Crippen LogP contribution >= 0.6 is 0 Å². The van der Waals surface area contributed by atoms with Gasteiger partial charge < -0.3 is 14.8 Å². The van der Waals surface area contributed by atoms with Gasteiger partial charge in [0.25, 0.3) is 0 Å². The molecule has 3 nitrogen and oxygen atoms in total. The molecule has 0 fully saturated rings. The van der Waals surface area contributed by atoms with E-state index in [2.05, 4.69) is 26.1 Å². The maximum absolute atomic E-state index is 5.67. The molecule has 0 heterocycles. The van der Waals surface area contributed by atoms with Crippen LogP contribution in [0.3, 0.4) is 0 Å². The van der Waals surface area contributed by atoms with Crippen molar-refractivity contribution in [3.8, 4) is 5.75 Å². The van der Waals surface area contributed by atoms with Crippen LogP contribution in [0, 0.1) is 0 Å². The zero-order chi connectivity index (χ0) is 13.2. The average molecular weight is 251 g/mol. The second-order valence-electron chi connectivity index (χ2n) is 4.56. The Balaban J connectivity index is 2.03. The summed E-state index contributed by atoms with van der Waals surface area (Å²) in [5, 5.41) is 3.42. The molecule has 2 atom stereocenters. The van der Waals surface area contributed by atoms with Crippen LogP contribution in [0.2, 0.25) is 0 Å². The molecule has 1 aromatic rings. The highest BCUT2D eigenvalue weighted by Gasteiger charge is 2.04. The molecule has 0 radical (unpaired) electrons. The largest absolute Gasteiger partial charge is 0.491 e. The van der Waals surface area contributed by atoms with Crippen molar-refractivity contribution in [1.82, 2.24) is 5.32 Å². The van der Waals surface area contributed by atoms with E-state index >= 15 is 0 Å². The topological polar surface area (TPSA) is 30.5 Å². The molecule has 0 amide bonds. The Kier molecular flexibility index (Phi) is 7.46. The van der Waals surface area contributed by atoms with Crippen LogP contribution in [0.1, 0.15) is 27.2 Å². The number of benzene rings is 1. The van der Waals surface area contributed by atoms with E-state index in [0.717, 1.165) is 18.7 Å². The van der Waals surface area contributed by atoms with Gasteiger partial charge in [0, 0.05) is 12.6 Å². The van der Waals surface area contributed by atoms with Gasteiger partial charge >= 0.3 is 0 Å². The van der Waals surface area contributed by atoms with E-state index in [1.807, 2.05) is 30.3 Å². The number of rotatable bonds is 9. The van der Waals surface area contributed by atoms with Gasteiger partial charge in [-0.1, -0.05) is 25.1 Å². The number of nitrogens with one attached hydrogen (secondary N) is 1. The van der Waals surface area contributed by atoms with Gasteiger partial charge in [-0.2, -0.15) is 0 Å². The van der Waals surface area contributed by atoms with Gasteiger partial charge in [-0.15, -0.1) is 0 Å². The molecule has 0 aliphatic carbocycles. The Morgan fingerprint density at radius 2 is 1.83 bits per heavy atom. The average Bonchev–Trinajstić information content (AvgIpc) is 2.42. The van der Waals surface area contributed by atoms with Crippen molar-refractivity contribution >= 4 is 0 Å².